The first-order valence-corrected chi connectivity index (χ1v) is 5.07. The molecular weight excluding hydrogens is 206 g/mol. The van der Waals surface area contributed by atoms with E-state index in [0.717, 1.165) is 0 Å². The first-order valence-electron chi connectivity index (χ1n) is 5.07. The van der Waals surface area contributed by atoms with Crippen LogP contribution in [0.1, 0.15) is 34.6 Å². The van der Waals surface area contributed by atoms with Crippen LogP contribution in [0.4, 0.5) is 0 Å². The molecule has 0 fully saturated rings. The topological polar surface area (TPSA) is 55.4 Å². The number of ether oxygens (including phenoxy) is 1. The Hall–Kier alpha value is -1.84. The maximum Gasteiger partial charge on any atom is 0.255 e. The molecule has 1 N–H and O–H groups in total. The molecule has 1 rings (SSSR count). The minimum absolute atomic E-state index is 0.0549. The molecule has 1 amide bonds. The molecule has 0 radical (unpaired) electrons. The Kier molecular flexibility index (Phi) is 4.05. The van der Waals surface area contributed by atoms with Gasteiger partial charge in [-0.3, -0.25) is 9.59 Å². The van der Waals surface area contributed by atoms with Gasteiger partial charge in [0, 0.05) is 12.1 Å². The monoisotopic (exact) mass is 221 g/mol. The molecule has 0 aliphatic carbocycles. The van der Waals surface area contributed by atoms with Crippen molar-refractivity contribution < 1.29 is 14.3 Å². The van der Waals surface area contributed by atoms with E-state index in [-0.39, 0.29) is 11.7 Å². The van der Waals surface area contributed by atoms with E-state index in [0.29, 0.717) is 23.4 Å². The second-order valence-electron chi connectivity index (χ2n) is 3.33. The van der Waals surface area contributed by atoms with Gasteiger partial charge in [0.25, 0.3) is 5.91 Å². The van der Waals surface area contributed by atoms with Crippen LogP contribution >= 0.6 is 0 Å². The van der Waals surface area contributed by atoms with Gasteiger partial charge in [0.1, 0.15) is 5.75 Å². The van der Waals surface area contributed by atoms with Gasteiger partial charge in [-0.15, -0.1) is 0 Å². The Bertz CT molecular complexity index is 413. The van der Waals surface area contributed by atoms with Crippen LogP contribution < -0.4 is 10.1 Å². The van der Waals surface area contributed by atoms with Crippen LogP contribution in [0.3, 0.4) is 0 Å². The molecule has 0 bridgehead atoms. The number of hydrogen-bond acceptors (Lipinski definition) is 3. The van der Waals surface area contributed by atoms with Crippen molar-refractivity contribution in [3.05, 3.63) is 29.3 Å². The van der Waals surface area contributed by atoms with Gasteiger partial charge in [0.15, 0.2) is 5.78 Å². The van der Waals surface area contributed by atoms with Crippen LogP contribution in [0, 0.1) is 0 Å². The summed E-state index contributed by atoms with van der Waals surface area (Å²) in [7, 11) is 1.47. The van der Waals surface area contributed by atoms with E-state index in [1.807, 2.05) is 6.92 Å². The molecule has 0 heterocycles. The summed E-state index contributed by atoms with van der Waals surface area (Å²) in [5.41, 5.74) is 0.972. The average Bonchev–Trinajstić information content (AvgIpc) is 2.28. The number of carbonyl (C=O) groups excluding carboxylic acids is 2. The lowest BCUT2D eigenvalue weighted by atomic mass is 10.1. The molecule has 0 unspecified atom stereocenters. The number of hydrogen-bond donors (Lipinski definition) is 1. The van der Waals surface area contributed by atoms with Crippen molar-refractivity contribution >= 4 is 11.7 Å². The molecule has 0 atom stereocenters. The fourth-order valence-corrected chi connectivity index (χ4v) is 1.35. The summed E-state index contributed by atoms with van der Waals surface area (Å²) in [6, 6.07) is 4.79. The zero-order chi connectivity index (χ0) is 12.1. The smallest absolute Gasteiger partial charge is 0.255 e. The third-order valence-electron chi connectivity index (χ3n) is 2.19. The SMILES string of the molecule is CCNC(=O)c1ccc(C(C)=O)cc1OC. The lowest BCUT2D eigenvalue weighted by Gasteiger charge is -2.09. The van der Waals surface area contributed by atoms with E-state index in [9.17, 15) is 9.59 Å². The first kappa shape index (κ1) is 12.2. The Balaban J connectivity index is 3.11. The molecule has 1 aromatic rings. The fourth-order valence-electron chi connectivity index (χ4n) is 1.35. The maximum atomic E-state index is 11.6. The third-order valence-corrected chi connectivity index (χ3v) is 2.19. The summed E-state index contributed by atoms with van der Waals surface area (Å²) in [6.45, 7) is 3.87. The zero-order valence-electron chi connectivity index (χ0n) is 9.66. The van der Waals surface area contributed by atoms with Crippen molar-refractivity contribution in [3.63, 3.8) is 0 Å². The molecule has 0 saturated carbocycles. The van der Waals surface area contributed by atoms with Crippen molar-refractivity contribution in [2.45, 2.75) is 13.8 Å². The van der Waals surface area contributed by atoms with Gasteiger partial charge in [0.2, 0.25) is 0 Å². The summed E-state index contributed by atoms with van der Waals surface area (Å²) >= 11 is 0. The second kappa shape index (κ2) is 5.30. The highest BCUT2D eigenvalue weighted by Gasteiger charge is 2.12. The molecule has 16 heavy (non-hydrogen) atoms. The number of nitrogens with one attached hydrogen (secondary N) is 1. The van der Waals surface area contributed by atoms with Crippen molar-refractivity contribution in [1.82, 2.24) is 5.32 Å². The lowest BCUT2D eigenvalue weighted by Crippen LogP contribution is -2.23. The van der Waals surface area contributed by atoms with E-state index in [1.165, 1.54) is 14.0 Å². The third kappa shape index (κ3) is 2.59. The van der Waals surface area contributed by atoms with E-state index < -0.39 is 0 Å². The Morgan fingerprint density at radius 3 is 2.56 bits per heavy atom. The van der Waals surface area contributed by atoms with Gasteiger partial charge in [-0.25, -0.2) is 0 Å². The predicted molar refractivity (Wildman–Crippen MR) is 61.0 cm³/mol. The molecule has 86 valence electrons. The van der Waals surface area contributed by atoms with Crippen LogP contribution in [0.2, 0.25) is 0 Å². The van der Waals surface area contributed by atoms with Gasteiger partial charge in [-0.2, -0.15) is 0 Å². The van der Waals surface area contributed by atoms with Crippen LogP contribution in [-0.2, 0) is 0 Å². The van der Waals surface area contributed by atoms with Gasteiger partial charge in [0.05, 0.1) is 12.7 Å². The number of methoxy groups -OCH3 is 1. The van der Waals surface area contributed by atoms with Gasteiger partial charge in [-0.1, -0.05) is 6.07 Å². The van der Waals surface area contributed by atoms with Crippen LogP contribution in [0.15, 0.2) is 18.2 Å². The maximum absolute atomic E-state index is 11.6. The van der Waals surface area contributed by atoms with E-state index in [4.69, 9.17) is 4.74 Å². The molecule has 1 aromatic carbocycles. The zero-order valence-corrected chi connectivity index (χ0v) is 9.66. The number of ketones is 1. The molecule has 4 nitrogen and oxygen atoms in total. The van der Waals surface area contributed by atoms with E-state index in [2.05, 4.69) is 5.32 Å². The standard InChI is InChI=1S/C12H15NO3/c1-4-13-12(15)10-6-5-9(8(2)14)7-11(10)16-3/h5-7H,4H2,1-3H3,(H,13,15). The molecule has 4 heteroatoms. The van der Waals surface area contributed by atoms with E-state index in [1.54, 1.807) is 18.2 Å². The number of benzene rings is 1. The Morgan fingerprint density at radius 2 is 2.06 bits per heavy atom. The molecular formula is C12H15NO3. The normalized spacial score (nSPS) is 9.69. The highest BCUT2D eigenvalue weighted by atomic mass is 16.5. The highest BCUT2D eigenvalue weighted by molar-refractivity contribution is 6.00. The summed E-state index contributed by atoms with van der Waals surface area (Å²) in [4.78, 5) is 22.8. The molecule has 0 aliphatic heterocycles. The second-order valence-corrected chi connectivity index (χ2v) is 3.33. The first-order chi connectivity index (χ1) is 7.60. The van der Waals surface area contributed by atoms with Crippen LogP contribution in [0.25, 0.3) is 0 Å². The Morgan fingerprint density at radius 1 is 1.38 bits per heavy atom. The Labute approximate surface area is 94.6 Å². The van der Waals surface area contributed by atoms with Crippen molar-refractivity contribution in [2.75, 3.05) is 13.7 Å². The summed E-state index contributed by atoms with van der Waals surface area (Å²) in [5, 5.41) is 2.68. The molecule has 0 saturated heterocycles. The van der Waals surface area contributed by atoms with Crippen LogP contribution in [-0.4, -0.2) is 25.3 Å². The fraction of sp³-hybridized carbons (Fsp3) is 0.333. The molecule has 0 aliphatic rings. The quantitative estimate of drug-likeness (QED) is 0.786. The van der Waals surface area contributed by atoms with Gasteiger partial charge in [-0.05, 0) is 26.0 Å². The number of Topliss-reactive ketones (excluding diaryl/α,β-unsaturated/α-hetero) is 1. The highest BCUT2D eigenvalue weighted by Crippen LogP contribution is 2.20. The number of amides is 1. The summed E-state index contributed by atoms with van der Waals surface area (Å²) < 4.78 is 5.09. The predicted octanol–water partition coefficient (Wildman–Crippen LogP) is 1.65. The molecule has 0 spiro atoms. The van der Waals surface area contributed by atoms with Crippen molar-refractivity contribution in [2.24, 2.45) is 0 Å². The van der Waals surface area contributed by atoms with Gasteiger partial charge >= 0.3 is 0 Å². The summed E-state index contributed by atoms with van der Waals surface area (Å²) in [5.74, 6) is 0.161. The van der Waals surface area contributed by atoms with Crippen molar-refractivity contribution in [3.8, 4) is 5.75 Å². The lowest BCUT2D eigenvalue weighted by molar-refractivity contribution is 0.0950. The largest absolute Gasteiger partial charge is 0.496 e. The van der Waals surface area contributed by atoms with Gasteiger partial charge < -0.3 is 10.1 Å². The molecule has 0 aromatic heterocycles. The van der Waals surface area contributed by atoms with Crippen LogP contribution in [0.5, 0.6) is 5.75 Å². The van der Waals surface area contributed by atoms with Crippen molar-refractivity contribution in [1.29, 1.82) is 0 Å². The number of carbonyl (C=O) groups is 2. The summed E-state index contributed by atoms with van der Waals surface area (Å²) in [6.07, 6.45) is 0. The number of rotatable bonds is 4. The minimum atomic E-state index is -0.200. The van der Waals surface area contributed by atoms with E-state index >= 15 is 0 Å². The average molecular weight is 221 g/mol. The minimum Gasteiger partial charge on any atom is -0.496 e.